The minimum atomic E-state index is 0.166. The van der Waals surface area contributed by atoms with E-state index in [0.717, 1.165) is 6.54 Å². The molecule has 0 aliphatic carbocycles. The van der Waals surface area contributed by atoms with Gasteiger partial charge in [-0.25, -0.2) is 0 Å². The summed E-state index contributed by atoms with van der Waals surface area (Å²) in [5.74, 6) is 0. The summed E-state index contributed by atoms with van der Waals surface area (Å²) >= 11 is 0. The van der Waals surface area contributed by atoms with Gasteiger partial charge >= 0.3 is 0 Å². The Kier molecular flexibility index (Phi) is 5.39. The van der Waals surface area contributed by atoms with Crippen molar-refractivity contribution < 1.29 is 0 Å². The van der Waals surface area contributed by atoms with E-state index >= 15 is 0 Å². The average Bonchev–Trinajstić information content (AvgIpc) is 2.35. The van der Waals surface area contributed by atoms with E-state index in [-0.39, 0.29) is 11.0 Å². The van der Waals surface area contributed by atoms with Gasteiger partial charge < -0.3 is 10.2 Å². The van der Waals surface area contributed by atoms with Crippen LogP contribution >= 0.6 is 0 Å². The van der Waals surface area contributed by atoms with Crippen molar-refractivity contribution in [3.8, 4) is 0 Å². The summed E-state index contributed by atoms with van der Waals surface area (Å²) < 4.78 is 0. The Balaban J connectivity index is 2.67. The number of benzene rings is 1. The zero-order valence-corrected chi connectivity index (χ0v) is 14.5. The summed E-state index contributed by atoms with van der Waals surface area (Å²) in [7, 11) is 4.26. The predicted molar refractivity (Wildman–Crippen MR) is 89.3 cm³/mol. The Morgan fingerprint density at radius 3 is 1.90 bits per heavy atom. The highest BCUT2D eigenvalue weighted by Crippen LogP contribution is 2.24. The second-order valence-corrected chi connectivity index (χ2v) is 7.68. The lowest BCUT2D eigenvalue weighted by Gasteiger charge is -2.34. The fraction of sp³-hybridized carbons (Fsp3) is 0.667. The molecule has 0 heterocycles. The van der Waals surface area contributed by atoms with E-state index in [0.29, 0.717) is 6.04 Å². The second-order valence-electron chi connectivity index (χ2n) is 7.68. The Morgan fingerprint density at radius 2 is 1.50 bits per heavy atom. The SMILES string of the molecule is CC(NCC(C)(C)N(C)C)c1ccc(C(C)(C)C)cc1. The van der Waals surface area contributed by atoms with Gasteiger partial charge in [0.25, 0.3) is 0 Å². The molecule has 0 fully saturated rings. The summed E-state index contributed by atoms with van der Waals surface area (Å²) in [6.07, 6.45) is 0. The quantitative estimate of drug-likeness (QED) is 0.875. The van der Waals surface area contributed by atoms with Gasteiger partial charge in [0.05, 0.1) is 0 Å². The van der Waals surface area contributed by atoms with Gasteiger partial charge in [0, 0.05) is 18.1 Å². The van der Waals surface area contributed by atoms with Gasteiger partial charge in [0.2, 0.25) is 0 Å². The highest BCUT2D eigenvalue weighted by Gasteiger charge is 2.21. The van der Waals surface area contributed by atoms with E-state index in [2.05, 4.69) is 90.1 Å². The maximum atomic E-state index is 3.64. The molecule has 0 amide bonds. The summed E-state index contributed by atoms with van der Waals surface area (Å²) in [6.45, 7) is 14.5. The third-order valence-corrected chi connectivity index (χ3v) is 4.33. The van der Waals surface area contributed by atoms with Crippen LogP contribution in [0.5, 0.6) is 0 Å². The number of nitrogens with zero attached hydrogens (tertiary/aromatic N) is 1. The highest BCUT2D eigenvalue weighted by atomic mass is 15.2. The summed E-state index contributed by atoms with van der Waals surface area (Å²) in [6, 6.07) is 9.39. The molecule has 2 heteroatoms. The van der Waals surface area contributed by atoms with E-state index in [1.54, 1.807) is 0 Å². The molecule has 1 N–H and O–H groups in total. The van der Waals surface area contributed by atoms with Crippen LogP contribution in [0.25, 0.3) is 0 Å². The lowest BCUT2D eigenvalue weighted by molar-refractivity contribution is 0.185. The normalized spacial score (nSPS) is 14.7. The van der Waals surface area contributed by atoms with E-state index < -0.39 is 0 Å². The summed E-state index contributed by atoms with van der Waals surface area (Å²) in [5.41, 5.74) is 3.14. The van der Waals surface area contributed by atoms with Crippen LogP contribution in [-0.4, -0.2) is 31.1 Å². The van der Waals surface area contributed by atoms with Crippen molar-refractivity contribution in [2.24, 2.45) is 0 Å². The minimum absolute atomic E-state index is 0.166. The van der Waals surface area contributed by atoms with E-state index in [1.807, 2.05) is 0 Å². The zero-order chi connectivity index (χ0) is 15.6. The Labute approximate surface area is 125 Å². The van der Waals surface area contributed by atoms with Crippen LogP contribution < -0.4 is 5.32 Å². The predicted octanol–water partition coefficient (Wildman–Crippen LogP) is 3.97. The monoisotopic (exact) mass is 276 g/mol. The molecular weight excluding hydrogens is 244 g/mol. The molecule has 1 rings (SSSR count). The number of hydrogen-bond acceptors (Lipinski definition) is 2. The fourth-order valence-corrected chi connectivity index (χ4v) is 1.95. The van der Waals surface area contributed by atoms with Crippen LogP contribution in [0, 0.1) is 0 Å². The largest absolute Gasteiger partial charge is 0.308 e. The molecular formula is C18H32N2. The van der Waals surface area contributed by atoms with Crippen LogP contribution in [0.2, 0.25) is 0 Å². The molecule has 0 saturated carbocycles. The maximum absolute atomic E-state index is 3.64. The van der Waals surface area contributed by atoms with Crippen LogP contribution in [0.1, 0.15) is 58.7 Å². The Morgan fingerprint density at radius 1 is 1.00 bits per heavy atom. The summed E-state index contributed by atoms with van der Waals surface area (Å²) in [4.78, 5) is 2.26. The molecule has 1 aromatic carbocycles. The lowest BCUT2D eigenvalue weighted by atomic mass is 9.86. The molecule has 0 bridgehead atoms. The Hall–Kier alpha value is -0.860. The van der Waals surface area contributed by atoms with E-state index in [1.165, 1.54) is 11.1 Å². The van der Waals surface area contributed by atoms with Crippen LogP contribution in [0.15, 0.2) is 24.3 Å². The average molecular weight is 276 g/mol. The molecule has 114 valence electrons. The molecule has 20 heavy (non-hydrogen) atoms. The molecule has 2 nitrogen and oxygen atoms in total. The zero-order valence-electron chi connectivity index (χ0n) is 14.5. The van der Waals surface area contributed by atoms with Crippen molar-refractivity contribution in [3.05, 3.63) is 35.4 Å². The smallest absolute Gasteiger partial charge is 0.0292 e. The molecule has 0 aliphatic heterocycles. The van der Waals surface area contributed by atoms with E-state index in [9.17, 15) is 0 Å². The van der Waals surface area contributed by atoms with Crippen molar-refractivity contribution in [1.82, 2.24) is 10.2 Å². The molecule has 0 aliphatic rings. The van der Waals surface area contributed by atoms with Crippen LogP contribution in [0.4, 0.5) is 0 Å². The molecule has 0 aromatic heterocycles. The first-order valence-corrected chi connectivity index (χ1v) is 7.55. The topological polar surface area (TPSA) is 15.3 Å². The first kappa shape index (κ1) is 17.2. The number of hydrogen-bond donors (Lipinski definition) is 1. The van der Waals surface area contributed by atoms with Gasteiger partial charge in [-0.05, 0) is 51.4 Å². The molecule has 1 aromatic rings. The van der Waals surface area contributed by atoms with Crippen molar-refractivity contribution in [3.63, 3.8) is 0 Å². The second kappa shape index (κ2) is 6.28. The lowest BCUT2D eigenvalue weighted by Crippen LogP contribution is -2.47. The number of likely N-dealkylation sites (N-methyl/N-ethyl adjacent to an activating group) is 1. The first-order valence-electron chi connectivity index (χ1n) is 7.55. The number of nitrogens with one attached hydrogen (secondary N) is 1. The van der Waals surface area contributed by atoms with Gasteiger partial charge in [-0.1, -0.05) is 45.0 Å². The third-order valence-electron chi connectivity index (χ3n) is 4.33. The van der Waals surface area contributed by atoms with Crippen molar-refractivity contribution >= 4 is 0 Å². The molecule has 0 spiro atoms. The van der Waals surface area contributed by atoms with Gasteiger partial charge in [0.1, 0.15) is 0 Å². The van der Waals surface area contributed by atoms with Crippen LogP contribution in [-0.2, 0) is 5.41 Å². The minimum Gasteiger partial charge on any atom is -0.308 e. The molecule has 0 radical (unpaired) electrons. The maximum Gasteiger partial charge on any atom is 0.0292 e. The van der Waals surface area contributed by atoms with Crippen molar-refractivity contribution in [2.75, 3.05) is 20.6 Å². The molecule has 1 atom stereocenters. The highest BCUT2D eigenvalue weighted by molar-refractivity contribution is 5.29. The number of rotatable bonds is 5. The van der Waals surface area contributed by atoms with E-state index in [4.69, 9.17) is 0 Å². The van der Waals surface area contributed by atoms with Gasteiger partial charge in [-0.15, -0.1) is 0 Å². The van der Waals surface area contributed by atoms with Gasteiger partial charge in [-0.2, -0.15) is 0 Å². The molecule has 0 saturated heterocycles. The Bertz CT molecular complexity index is 410. The standard InChI is InChI=1S/C18H32N2/c1-14(19-13-18(5,6)20(7)8)15-9-11-16(12-10-15)17(2,3)4/h9-12,14,19H,13H2,1-8H3. The fourth-order valence-electron chi connectivity index (χ4n) is 1.95. The van der Waals surface area contributed by atoms with Crippen LogP contribution in [0.3, 0.4) is 0 Å². The summed E-state index contributed by atoms with van der Waals surface area (Å²) in [5, 5.41) is 3.64. The van der Waals surface area contributed by atoms with Crippen molar-refractivity contribution in [2.45, 2.75) is 58.5 Å². The van der Waals surface area contributed by atoms with Gasteiger partial charge in [0.15, 0.2) is 0 Å². The first-order chi connectivity index (χ1) is 9.04. The van der Waals surface area contributed by atoms with Crippen molar-refractivity contribution in [1.29, 1.82) is 0 Å². The molecule has 1 unspecified atom stereocenters. The third kappa shape index (κ3) is 4.60. The van der Waals surface area contributed by atoms with Gasteiger partial charge in [-0.3, -0.25) is 0 Å².